The first-order chi connectivity index (χ1) is 11.1. The summed E-state index contributed by atoms with van der Waals surface area (Å²) in [5.74, 6) is 0.373. The first kappa shape index (κ1) is 15.4. The summed E-state index contributed by atoms with van der Waals surface area (Å²) in [5.41, 5.74) is 1.14. The second-order valence-electron chi connectivity index (χ2n) is 4.88. The molecule has 0 saturated carbocycles. The standard InChI is InChI=1S/C17H13ClFNO3/c18-13-7-11(8-15-17(13)23-10-22-15)5-6-16(21)20-9-12-3-1-2-4-14(12)19/h1-8H,9-10H2,(H,20,21)/b6-5+. The third kappa shape index (κ3) is 3.63. The van der Waals surface area contributed by atoms with Crippen molar-refractivity contribution >= 4 is 23.6 Å². The number of amides is 1. The van der Waals surface area contributed by atoms with Gasteiger partial charge in [-0.15, -0.1) is 0 Å². The number of carbonyl (C=O) groups is 1. The topological polar surface area (TPSA) is 47.6 Å². The van der Waals surface area contributed by atoms with Gasteiger partial charge in [0, 0.05) is 18.2 Å². The van der Waals surface area contributed by atoms with Gasteiger partial charge in [0.15, 0.2) is 11.5 Å². The molecule has 3 rings (SSSR count). The van der Waals surface area contributed by atoms with Crippen molar-refractivity contribution in [1.82, 2.24) is 5.32 Å². The van der Waals surface area contributed by atoms with Crippen LogP contribution in [0.25, 0.3) is 6.08 Å². The second kappa shape index (κ2) is 6.71. The number of halogens is 2. The number of benzene rings is 2. The van der Waals surface area contributed by atoms with E-state index in [9.17, 15) is 9.18 Å². The molecule has 0 atom stereocenters. The van der Waals surface area contributed by atoms with Gasteiger partial charge in [-0.1, -0.05) is 29.8 Å². The molecular weight excluding hydrogens is 321 g/mol. The summed E-state index contributed by atoms with van der Waals surface area (Å²) in [6, 6.07) is 9.70. The highest BCUT2D eigenvalue weighted by molar-refractivity contribution is 6.32. The Kier molecular flexibility index (Phi) is 4.48. The number of carbonyl (C=O) groups excluding carboxylic acids is 1. The fourth-order valence-electron chi connectivity index (χ4n) is 2.14. The molecule has 2 aromatic rings. The monoisotopic (exact) mass is 333 g/mol. The fourth-order valence-corrected chi connectivity index (χ4v) is 2.41. The minimum atomic E-state index is -0.348. The maximum absolute atomic E-state index is 13.5. The molecule has 0 aliphatic carbocycles. The van der Waals surface area contributed by atoms with Gasteiger partial charge in [0.05, 0.1) is 5.02 Å². The van der Waals surface area contributed by atoms with Gasteiger partial charge in [0.2, 0.25) is 12.7 Å². The maximum Gasteiger partial charge on any atom is 0.244 e. The summed E-state index contributed by atoms with van der Waals surface area (Å²) in [5, 5.41) is 3.04. The predicted molar refractivity (Wildman–Crippen MR) is 84.9 cm³/mol. The van der Waals surface area contributed by atoms with Crippen LogP contribution in [-0.2, 0) is 11.3 Å². The Morgan fingerprint density at radius 3 is 2.96 bits per heavy atom. The fraction of sp³-hybridized carbons (Fsp3) is 0.118. The van der Waals surface area contributed by atoms with E-state index in [1.807, 2.05) is 0 Å². The zero-order valence-electron chi connectivity index (χ0n) is 12.0. The predicted octanol–water partition coefficient (Wildman–Crippen LogP) is 3.54. The van der Waals surface area contributed by atoms with E-state index in [4.69, 9.17) is 21.1 Å². The molecule has 118 valence electrons. The van der Waals surface area contributed by atoms with E-state index in [1.54, 1.807) is 36.4 Å². The average Bonchev–Trinajstić information content (AvgIpc) is 3.01. The van der Waals surface area contributed by atoms with Crippen LogP contribution < -0.4 is 14.8 Å². The molecule has 1 amide bonds. The Bertz CT molecular complexity index is 776. The van der Waals surface area contributed by atoms with Gasteiger partial charge in [-0.2, -0.15) is 0 Å². The van der Waals surface area contributed by atoms with Crippen molar-refractivity contribution in [3.8, 4) is 11.5 Å². The van der Waals surface area contributed by atoms with Gasteiger partial charge in [-0.25, -0.2) is 4.39 Å². The van der Waals surface area contributed by atoms with Crippen LogP contribution in [0.4, 0.5) is 4.39 Å². The Balaban J connectivity index is 1.63. The molecule has 1 N–H and O–H groups in total. The second-order valence-corrected chi connectivity index (χ2v) is 5.29. The van der Waals surface area contributed by atoms with Gasteiger partial charge < -0.3 is 14.8 Å². The van der Waals surface area contributed by atoms with Crippen LogP contribution >= 0.6 is 11.6 Å². The average molecular weight is 334 g/mol. The highest BCUT2D eigenvalue weighted by Gasteiger charge is 2.17. The van der Waals surface area contributed by atoms with Gasteiger partial charge >= 0.3 is 0 Å². The first-order valence-corrected chi connectivity index (χ1v) is 7.30. The quantitative estimate of drug-likeness (QED) is 0.871. The van der Waals surface area contributed by atoms with Crippen molar-refractivity contribution in [2.24, 2.45) is 0 Å². The Labute approximate surface area is 137 Å². The number of ether oxygens (including phenoxy) is 2. The van der Waals surface area contributed by atoms with Crippen LogP contribution in [0, 0.1) is 5.82 Å². The summed E-state index contributed by atoms with van der Waals surface area (Å²) in [6.45, 7) is 0.253. The molecule has 0 bridgehead atoms. The summed E-state index contributed by atoms with van der Waals surface area (Å²) in [6.07, 6.45) is 2.96. The van der Waals surface area contributed by atoms with Crippen molar-refractivity contribution in [2.75, 3.05) is 6.79 Å². The van der Waals surface area contributed by atoms with Crippen LogP contribution in [0.15, 0.2) is 42.5 Å². The van der Waals surface area contributed by atoms with Crippen LogP contribution in [-0.4, -0.2) is 12.7 Å². The number of hydrogen-bond acceptors (Lipinski definition) is 3. The first-order valence-electron chi connectivity index (χ1n) is 6.92. The van der Waals surface area contributed by atoms with Crippen LogP contribution in [0.1, 0.15) is 11.1 Å². The van der Waals surface area contributed by atoms with Gasteiger partial charge in [-0.05, 0) is 29.8 Å². The van der Waals surface area contributed by atoms with Crippen molar-refractivity contribution < 1.29 is 18.7 Å². The molecule has 0 aromatic heterocycles. The molecule has 0 radical (unpaired) electrons. The van der Waals surface area contributed by atoms with E-state index >= 15 is 0 Å². The molecule has 1 heterocycles. The smallest absolute Gasteiger partial charge is 0.244 e. The molecule has 0 unspecified atom stereocenters. The van der Waals surface area contributed by atoms with Gasteiger partial charge in [0.25, 0.3) is 0 Å². The Morgan fingerprint density at radius 2 is 2.13 bits per heavy atom. The SMILES string of the molecule is O=C(/C=C/c1cc(Cl)c2c(c1)OCO2)NCc1ccccc1F. The number of nitrogens with one attached hydrogen (secondary N) is 1. The third-order valence-corrected chi connectivity index (χ3v) is 3.57. The zero-order valence-corrected chi connectivity index (χ0v) is 12.8. The lowest BCUT2D eigenvalue weighted by Crippen LogP contribution is -2.20. The molecule has 4 nitrogen and oxygen atoms in total. The largest absolute Gasteiger partial charge is 0.454 e. The number of fused-ring (bicyclic) bond motifs is 1. The van der Waals surface area contributed by atoms with Crippen molar-refractivity contribution in [1.29, 1.82) is 0 Å². The zero-order chi connectivity index (χ0) is 16.2. The van der Waals surface area contributed by atoms with E-state index in [1.165, 1.54) is 12.1 Å². The summed E-state index contributed by atoms with van der Waals surface area (Å²) < 4.78 is 23.9. The normalized spacial score (nSPS) is 12.6. The van der Waals surface area contributed by atoms with Crippen LogP contribution in [0.5, 0.6) is 11.5 Å². The maximum atomic E-state index is 13.5. The van der Waals surface area contributed by atoms with E-state index < -0.39 is 0 Å². The molecular formula is C17H13ClFNO3. The molecule has 1 aliphatic heterocycles. The summed E-state index contributed by atoms with van der Waals surface area (Å²) in [7, 11) is 0. The van der Waals surface area contributed by atoms with E-state index in [-0.39, 0.29) is 25.1 Å². The molecule has 2 aromatic carbocycles. The van der Waals surface area contributed by atoms with Crippen molar-refractivity contribution in [3.63, 3.8) is 0 Å². The molecule has 0 fully saturated rings. The third-order valence-electron chi connectivity index (χ3n) is 3.29. The highest BCUT2D eigenvalue weighted by Crippen LogP contribution is 2.40. The summed E-state index contributed by atoms with van der Waals surface area (Å²) in [4.78, 5) is 11.8. The Hall–Kier alpha value is -2.53. The van der Waals surface area contributed by atoms with E-state index in [0.717, 1.165) is 0 Å². The lowest BCUT2D eigenvalue weighted by Gasteiger charge is -2.04. The van der Waals surface area contributed by atoms with Crippen LogP contribution in [0.2, 0.25) is 5.02 Å². The molecule has 1 aliphatic rings. The highest BCUT2D eigenvalue weighted by atomic mass is 35.5. The minimum absolute atomic E-state index is 0.123. The van der Waals surface area contributed by atoms with E-state index in [2.05, 4.69) is 5.32 Å². The molecule has 23 heavy (non-hydrogen) atoms. The number of hydrogen-bond donors (Lipinski definition) is 1. The van der Waals surface area contributed by atoms with Crippen molar-refractivity contribution in [3.05, 3.63) is 64.4 Å². The lowest BCUT2D eigenvalue weighted by atomic mass is 10.2. The molecule has 0 spiro atoms. The molecule has 0 saturated heterocycles. The lowest BCUT2D eigenvalue weighted by molar-refractivity contribution is -0.116. The van der Waals surface area contributed by atoms with Gasteiger partial charge in [-0.3, -0.25) is 4.79 Å². The minimum Gasteiger partial charge on any atom is -0.454 e. The molecule has 6 heteroatoms. The van der Waals surface area contributed by atoms with Crippen molar-refractivity contribution in [2.45, 2.75) is 6.54 Å². The van der Waals surface area contributed by atoms with E-state index in [0.29, 0.717) is 27.6 Å². The van der Waals surface area contributed by atoms with Gasteiger partial charge in [0.1, 0.15) is 5.82 Å². The summed E-state index contributed by atoms with van der Waals surface area (Å²) >= 11 is 6.07. The Morgan fingerprint density at radius 1 is 1.30 bits per heavy atom. The number of rotatable bonds is 4. The van der Waals surface area contributed by atoms with Crippen LogP contribution in [0.3, 0.4) is 0 Å².